The van der Waals surface area contributed by atoms with Gasteiger partial charge in [-0.15, -0.1) is 11.3 Å². The number of nitrogens with zero attached hydrogens (tertiary/aromatic N) is 2. The molecule has 0 fully saturated rings. The molecule has 2 amide bonds. The van der Waals surface area contributed by atoms with Gasteiger partial charge in [-0.05, 0) is 30.7 Å². The summed E-state index contributed by atoms with van der Waals surface area (Å²) in [5.74, 6) is -1.48. The molecular formula is C23H17ClN4O4S. The molecule has 0 saturated heterocycles. The highest BCUT2D eigenvalue weighted by Crippen LogP contribution is 2.26. The lowest BCUT2D eigenvalue weighted by Gasteiger charge is -2.12. The van der Waals surface area contributed by atoms with Gasteiger partial charge in [0.1, 0.15) is 11.4 Å². The molecule has 0 aliphatic heterocycles. The number of nitrogens with two attached hydrogens (primary N) is 1. The van der Waals surface area contributed by atoms with Gasteiger partial charge in [0, 0.05) is 16.1 Å². The Kier molecular flexibility index (Phi) is 6.08. The third kappa shape index (κ3) is 4.41. The van der Waals surface area contributed by atoms with E-state index in [0.29, 0.717) is 21.0 Å². The summed E-state index contributed by atoms with van der Waals surface area (Å²) < 4.78 is 1.14. The maximum Gasteiger partial charge on any atom is 0.262 e. The van der Waals surface area contributed by atoms with Crippen LogP contribution in [-0.4, -0.2) is 27.1 Å². The van der Waals surface area contributed by atoms with Crippen LogP contribution in [0.4, 0.5) is 5.69 Å². The number of amides is 2. The first-order valence-electron chi connectivity index (χ1n) is 9.73. The van der Waals surface area contributed by atoms with Crippen LogP contribution in [0.2, 0.25) is 5.02 Å². The van der Waals surface area contributed by atoms with Crippen molar-refractivity contribution in [2.45, 2.75) is 13.5 Å². The van der Waals surface area contributed by atoms with Gasteiger partial charge >= 0.3 is 0 Å². The van der Waals surface area contributed by atoms with Crippen molar-refractivity contribution >= 4 is 56.4 Å². The van der Waals surface area contributed by atoms with Crippen LogP contribution in [0.1, 0.15) is 31.2 Å². The van der Waals surface area contributed by atoms with Gasteiger partial charge in [-0.2, -0.15) is 0 Å². The highest BCUT2D eigenvalue weighted by molar-refractivity contribution is 7.20. The molecule has 166 valence electrons. The van der Waals surface area contributed by atoms with E-state index in [1.54, 1.807) is 43.3 Å². The van der Waals surface area contributed by atoms with Gasteiger partial charge in [-0.3, -0.25) is 23.7 Å². The summed E-state index contributed by atoms with van der Waals surface area (Å²) in [6.45, 7) is 1.27. The molecule has 2 heterocycles. The average molecular weight is 481 g/mol. The lowest BCUT2D eigenvalue weighted by Crippen LogP contribution is -2.28. The van der Waals surface area contributed by atoms with E-state index in [2.05, 4.69) is 10.3 Å². The number of thiophene rings is 1. The molecule has 0 saturated carbocycles. The number of carbonyl (C=O) groups excluding carboxylic acids is 3. The van der Waals surface area contributed by atoms with Crippen LogP contribution in [0.15, 0.2) is 59.7 Å². The summed E-state index contributed by atoms with van der Waals surface area (Å²) in [5, 5.41) is 3.26. The monoisotopic (exact) mass is 480 g/mol. The Balaban J connectivity index is 1.63. The summed E-state index contributed by atoms with van der Waals surface area (Å²) in [7, 11) is 0. The molecule has 4 rings (SSSR count). The first-order valence-corrected chi connectivity index (χ1v) is 10.9. The Hall–Kier alpha value is -3.82. The van der Waals surface area contributed by atoms with Crippen LogP contribution in [0.25, 0.3) is 10.2 Å². The van der Waals surface area contributed by atoms with E-state index in [-0.39, 0.29) is 33.8 Å². The van der Waals surface area contributed by atoms with Gasteiger partial charge in [0.05, 0.1) is 22.3 Å². The van der Waals surface area contributed by atoms with Crippen LogP contribution >= 0.6 is 22.9 Å². The topological polar surface area (TPSA) is 124 Å². The van der Waals surface area contributed by atoms with E-state index >= 15 is 0 Å². The standard InChI is InChI=1S/C23H17ClN4O4S/c1-12-18-22(33-20(12)21(25)31)26-11-28(23(18)32)10-17(29)27-16-8-7-14(24)9-15(16)19(30)13-5-3-2-4-6-13/h2-9,11H,10H2,1H3,(H2,25,31)(H,27,29). The molecular weight excluding hydrogens is 464 g/mol. The van der Waals surface area contributed by atoms with Crippen LogP contribution in [-0.2, 0) is 11.3 Å². The molecule has 10 heteroatoms. The van der Waals surface area contributed by atoms with E-state index in [4.69, 9.17) is 17.3 Å². The van der Waals surface area contributed by atoms with Crippen LogP contribution < -0.4 is 16.6 Å². The number of benzene rings is 2. The number of carbonyl (C=O) groups is 3. The van der Waals surface area contributed by atoms with E-state index in [0.717, 1.165) is 15.9 Å². The predicted molar refractivity (Wildman–Crippen MR) is 127 cm³/mol. The third-order valence-electron chi connectivity index (χ3n) is 4.99. The number of primary amides is 1. The molecule has 0 spiro atoms. The van der Waals surface area contributed by atoms with Gasteiger partial charge < -0.3 is 11.1 Å². The number of aryl methyl sites for hydroxylation is 1. The van der Waals surface area contributed by atoms with Crippen molar-refractivity contribution in [2.75, 3.05) is 5.32 Å². The average Bonchev–Trinajstić information content (AvgIpc) is 3.14. The number of rotatable bonds is 6. The minimum Gasteiger partial charge on any atom is -0.365 e. The second-order valence-corrected chi connectivity index (χ2v) is 8.65. The van der Waals surface area contributed by atoms with Gasteiger partial charge in [0.15, 0.2) is 5.78 Å². The fourth-order valence-electron chi connectivity index (χ4n) is 3.41. The Morgan fingerprint density at radius 1 is 1.15 bits per heavy atom. The third-order valence-corrected chi connectivity index (χ3v) is 6.44. The Bertz CT molecular complexity index is 1480. The Morgan fingerprint density at radius 2 is 1.88 bits per heavy atom. The number of ketones is 1. The van der Waals surface area contributed by atoms with Crippen molar-refractivity contribution in [2.24, 2.45) is 5.73 Å². The first-order chi connectivity index (χ1) is 15.8. The van der Waals surface area contributed by atoms with Crippen molar-refractivity contribution < 1.29 is 14.4 Å². The number of nitrogens with one attached hydrogen (secondary N) is 1. The molecule has 2 aromatic carbocycles. The second kappa shape index (κ2) is 8.97. The maximum atomic E-state index is 12.9. The van der Waals surface area contributed by atoms with Crippen LogP contribution in [0, 0.1) is 6.92 Å². The fraction of sp³-hybridized carbons (Fsp3) is 0.0870. The molecule has 4 aromatic rings. The highest BCUT2D eigenvalue weighted by atomic mass is 35.5. The lowest BCUT2D eigenvalue weighted by atomic mass is 10.0. The fourth-order valence-corrected chi connectivity index (χ4v) is 4.57. The largest absolute Gasteiger partial charge is 0.365 e. The minimum atomic E-state index is -0.641. The molecule has 0 bridgehead atoms. The molecule has 3 N–H and O–H groups in total. The smallest absolute Gasteiger partial charge is 0.262 e. The van der Waals surface area contributed by atoms with E-state index in [1.165, 1.54) is 18.5 Å². The molecule has 2 aromatic heterocycles. The molecule has 8 nitrogen and oxygen atoms in total. The molecule has 0 unspecified atom stereocenters. The zero-order valence-electron chi connectivity index (χ0n) is 17.3. The number of aromatic nitrogens is 2. The zero-order valence-corrected chi connectivity index (χ0v) is 18.9. The lowest BCUT2D eigenvalue weighted by molar-refractivity contribution is -0.116. The number of hydrogen-bond acceptors (Lipinski definition) is 6. The number of fused-ring (bicyclic) bond motifs is 1. The normalized spacial score (nSPS) is 10.8. The first kappa shape index (κ1) is 22.4. The summed E-state index contributed by atoms with van der Waals surface area (Å²) in [6, 6.07) is 13.2. The van der Waals surface area contributed by atoms with Gasteiger partial charge in [-0.25, -0.2) is 4.98 Å². The highest BCUT2D eigenvalue weighted by Gasteiger charge is 2.20. The van der Waals surface area contributed by atoms with Gasteiger partial charge in [0.25, 0.3) is 11.5 Å². The molecule has 0 radical (unpaired) electrons. The van der Waals surface area contributed by atoms with Crippen LogP contribution in [0.5, 0.6) is 0 Å². The number of halogens is 1. The zero-order chi connectivity index (χ0) is 23.7. The van der Waals surface area contributed by atoms with E-state index in [9.17, 15) is 19.2 Å². The second-order valence-electron chi connectivity index (χ2n) is 7.21. The Morgan fingerprint density at radius 3 is 2.58 bits per heavy atom. The summed E-state index contributed by atoms with van der Waals surface area (Å²) >= 11 is 7.11. The van der Waals surface area contributed by atoms with Gasteiger partial charge in [0.2, 0.25) is 5.91 Å². The van der Waals surface area contributed by atoms with Crippen molar-refractivity contribution in [3.05, 3.63) is 91.8 Å². The van der Waals surface area contributed by atoms with Crippen LogP contribution in [0.3, 0.4) is 0 Å². The van der Waals surface area contributed by atoms with Gasteiger partial charge in [-0.1, -0.05) is 41.9 Å². The summed E-state index contributed by atoms with van der Waals surface area (Å²) in [5.41, 5.74) is 6.26. The molecule has 33 heavy (non-hydrogen) atoms. The number of hydrogen-bond donors (Lipinski definition) is 2. The molecule has 0 aliphatic rings. The van der Waals surface area contributed by atoms with Crippen molar-refractivity contribution in [3.63, 3.8) is 0 Å². The van der Waals surface area contributed by atoms with E-state index < -0.39 is 17.4 Å². The van der Waals surface area contributed by atoms with E-state index in [1.807, 2.05) is 0 Å². The summed E-state index contributed by atoms with van der Waals surface area (Å²) in [4.78, 5) is 55.0. The maximum absolute atomic E-state index is 12.9. The minimum absolute atomic E-state index is 0.225. The Labute approximate surface area is 196 Å². The molecule has 0 atom stereocenters. The number of anilines is 1. The quantitative estimate of drug-likeness (QED) is 0.409. The summed E-state index contributed by atoms with van der Waals surface area (Å²) in [6.07, 6.45) is 1.24. The van der Waals surface area contributed by atoms with Crippen molar-refractivity contribution in [1.29, 1.82) is 0 Å². The SMILES string of the molecule is Cc1c(C(N)=O)sc2ncn(CC(=O)Nc3ccc(Cl)cc3C(=O)c3ccccc3)c(=O)c12. The predicted octanol–water partition coefficient (Wildman–Crippen LogP) is 3.39. The molecule has 0 aliphatic carbocycles. The van der Waals surface area contributed by atoms with Crippen molar-refractivity contribution in [1.82, 2.24) is 9.55 Å². The van der Waals surface area contributed by atoms with Crippen molar-refractivity contribution in [3.8, 4) is 0 Å².